The topological polar surface area (TPSA) is 63.7 Å². The summed E-state index contributed by atoms with van der Waals surface area (Å²) in [5.41, 5.74) is 0.835. The Morgan fingerprint density at radius 2 is 1.16 bits per heavy atom. The predicted molar refractivity (Wildman–Crippen MR) is 153 cm³/mol. The molecule has 0 bridgehead atoms. The van der Waals surface area contributed by atoms with Crippen molar-refractivity contribution in [3.05, 3.63) is 35.4 Å². The van der Waals surface area contributed by atoms with E-state index in [4.69, 9.17) is 3.07 Å². The first-order valence-electron chi connectivity index (χ1n) is 15.6. The van der Waals surface area contributed by atoms with Gasteiger partial charge in [0, 0.05) is 0 Å². The van der Waals surface area contributed by atoms with Crippen molar-refractivity contribution in [2.24, 2.45) is 5.92 Å². The molecular formula is C32H47NO4Sn. The number of hydrogen-bond acceptors (Lipinski definition) is 4. The van der Waals surface area contributed by atoms with Gasteiger partial charge in [0.05, 0.1) is 0 Å². The number of carbonyl (C=O) groups excluding carboxylic acids is 3. The van der Waals surface area contributed by atoms with Gasteiger partial charge in [-0.2, -0.15) is 0 Å². The van der Waals surface area contributed by atoms with Gasteiger partial charge in [-0.3, -0.25) is 0 Å². The van der Waals surface area contributed by atoms with E-state index in [9.17, 15) is 14.4 Å². The Morgan fingerprint density at radius 1 is 0.763 bits per heavy atom. The average molecular weight is 628 g/mol. The van der Waals surface area contributed by atoms with Crippen LogP contribution in [-0.4, -0.2) is 47.5 Å². The van der Waals surface area contributed by atoms with Crippen LogP contribution in [-0.2, 0) is 7.87 Å². The monoisotopic (exact) mass is 629 g/mol. The zero-order valence-electron chi connectivity index (χ0n) is 23.6. The molecule has 1 atom stereocenters. The van der Waals surface area contributed by atoms with E-state index >= 15 is 0 Å². The molecule has 208 valence electrons. The second kappa shape index (κ2) is 12.4. The van der Waals surface area contributed by atoms with Crippen LogP contribution in [0.2, 0.25) is 11.8 Å². The number of amides is 2. The fraction of sp³-hybridized carbons (Fsp3) is 0.719. The van der Waals surface area contributed by atoms with Crippen molar-refractivity contribution in [2.75, 3.05) is 0 Å². The Bertz CT molecular complexity index is 924. The third-order valence-corrected chi connectivity index (χ3v) is 27.6. The fourth-order valence-corrected chi connectivity index (χ4v) is 28.1. The van der Waals surface area contributed by atoms with Gasteiger partial charge < -0.3 is 0 Å². The summed E-state index contributed by atoms with van der Waals surface area (Å²) in [5.74, 6) is -0.741. The number of nitrogens with zero attached hydrogens (tertiary/aromatic N) is 1. The molecule has 4 aliphatic rings. The van der Waals surface area contributed by atoms with Crippen LogP contribution in [0.1, 0.15) is 137 Å². The molecule has 5 nitrogen and oxygen atoms in total. The second-order valence-corrected chi connectivity index (χ2v) is 25.4. The van der Waals surface area contributed by atoms with Gasteiger partial charge in [-0.1, -0.05) is 0 Å². The molecule has 3 saturated carbocycles. The molecule has 6 heteroatoms. The molecule has 38 heavy (non-hydrogen) atoms. The number of hydrogen-bond donors (Lipinski definition) is 0. The van der Waals surface area contributed by atoms with E-state index in [0.29, 0.717) is 29.3 Å². The van der Waals surface area contributed by atoms with Crippen LogP contribution in [0.4, 0.5) is 0 Å². The Labute approximate surface area is 233 Å². The van der Waals surface area contributed by atoms with Gasteiger partial charge in [-0.15, -0.1) is 0 Å². The summed E-state index contributed by atoms with van der Waals surface area (Å²) in [6.07, 6.45) is 19.2. The van der Waals surface area contributed by atoms with E-state index in [0.717, 1.165) is 0 Å². The molecule has 2 amide bonds. The van der Waals surface area contributed by atoms with E-state index in [1.807, 2.05) is 0 Å². The van der Waals surface area contributed by atoms with Crippen LogP contribution in [0.5, 0.6) is 0 Å². The summed E-state index contributed by atoms with van der Waals surface area (Å²) in [5, 5.41) is 0. The first-order chi connectivity index (χ1) is 18.4. The molecule has 0 N–H and O–H groups in total. The minimum atomic E-state index is -3.61. The molecule has 3 aliphatic carbocycles. The quantitative estimate of drug-likeness (QED) is 0.215. The van der Waals surface area contributed by atoms with Crippen molar-refractivity contribution in [3.63, 3.8) is 0 Å². The maximum absolute atomic E-state index is 14.5. The first kappa shape index (κ1) is 28.2. The molecule has 0 spiro atoms. The van der Waals surface area contributed by atoms with Crippen LogP contribution in [0.3, 0.4) is 0 Å². The SMILES string of the molecule is CC(C)CC(C(=O)[O][Sn]([CH]1CCCCC1)([CH]1CCCCC1)[CH]1CCCCC1)N1C(=O)c2ccccc2C1=O. The van der Waals surface area contributed by atoms with Gasteiger partial charge in [0.2, 0.25) is 0 Å². The second-order valence-electron chi connectivity index (χ2n) is 13.0. The average Bonchev–Trinajstić information content (AvgIpc) is 3.21. The maximum atomic E-state index is 14.5. The third kappa shape index (κ3) is 5.47. The Kier molecular flexibility index (Phi) is 9.21. The van der Waals surface area contributed by atoms with Crippen LogP contribution in [0.15, 0.2) is 24.3 Å². The molecule has 1 aliphatic heterocycles. The number of carbonyl (C=O) groups is 3. The molecule has 0 aromatic heterocycles. The fourth-order valence-electron chi connectivity index (χ4n) is 8.40. The van der Waals surface area contributed by atoms with Crippen molar-refractivity contribution in [1.82, 2.24) is 4.90 Å². The Morgan fingerprint density at radius 3 is 1.53 bits per heavy atom. The number of rotatable bonds is 8. The van der Waals surface area contributed by atoms with Crippen molar-refractivity contribution < 1.29 is 17.5 Å². The molecule has 1 heterocycles. The molecule has 1 aromatic carbocycles. The van der Waals surface area contributed by atoms with Crippen molar-refractivity contribution in [1.29, 1.82) is 0 Å². The van der Waals surface area contributed by atoms with Crippen LogP contribution < -0.4 is 0 Å². The summed E-state index contributed by atoms with van der Waals surface area (Å²) in [4.78, 5) is 42.8. The van der Waals surface area contributed by atoms with Gasteiger partial charge >= 0.3 is 235 Å². The van der Waals surface area contributed by atoms with Gasteiger partial charge in [0.25, 0.3) is 0 Å². The van der Waals surface area contributed by atoms with Crippen LogP contribution in [0.25, 0.3) is 0 Å². The molecule has 1 unspecified atom stereocenters. The van der Waals surface area contributed by atoms with E-state index in [2.05, 4.69) is 13.8 Å². The standard InChI is InChI=1S/C14H15NO4.3C6H11.Sn/c1-8(2)7-11(14(18)19)15-12(16)9-5-3-4-6-10(9)13(15)17;3*1-2-4-6-5-3-1;/h3-6,8,11H,7H2,1-2H3,(H,18,19);3*1H,2-6H2;/q;;;;+1/p-1. The van der Waals surface area contributed by atoms with Crippen LogP contribution in [0, 0.1) is 5.92 Å². The van der Waals surface area contributed by atoms with Crippen LogP contribution >= 0.6 is 0 Å². The van der Waals surface area contributed by atoms with E-state index in [-0.39, 0.29) is 23.7 Å². The Hall–Kier alpha value is -1.37. The molecular weight excluding hydrogens is 581 g/mol. The van der Waals surface area contributed by atoms with E-state index in [1.54, 1.807) is 24.3 Å². The molecule has 0 saturated heterocycles. The summed E-state index contributed by atoms with van der Waals surface area (Å²) in [6.45, 7) is 4.14. The van der Waals surface area contributed by atoms with Crippen molar-refractivity contribution >= 4 is 36.6 Å². The normalized spacial score (nSPS) is 23.1. The summed E-state index contributed by atoms with van der Waals surface area (Å²) in [7, 11) is 0. The molecule has 5 rings (SSSR count). The molecule has 3 fully saturated rings. The minimum absolute atomic E-state index is 0.167. The van der Waals surface area contributed by atoms with Crippen molar-refractivity contribution in [2.45, 2.75) is 134 Å². The number of imide groups is 1. The zero-order chi connectivity index (χ0) is 26.7. The molecule has 0 radical (unpaired) electrons. The zero-order valence-corrected chi connectivity index (χ0v) is 26.4. The van der Waals surface area contributed by atoms with E-state index < -0.39 is 24.8 Å². The summed E-state index contributed by atoms with van der Waals surface area (Å²) >= 11 is -3.61. The van der Waals surface area contributed by atoms with E-state index in [1.165, 1.54) is 101 Å². The Balaban J connectivity index is 1.52. The first-order valence-corrected chi connectivity index (χ1v) is 21.7. The van der Waals surface area contributed by atoms with Gasteiger partial charge in [-0.25, -0.2) is 0 Å². The van der Waals surface area contributed by atoms with Crippen molar-refractivity contribution in [3.8, 4) is 0 Å². The number of benzene rings is 1. The third-order valence-electron chi connectivity index (χ3n) is 10.1. The number of fused-ring (bicyclic) bond motifs is 1. The van der Waals surface area contributed by atoms with Gasteiger partial charge in [-0.05, 0) is 0 Å². The van der Waals surface area contributed by atoms with Gasteiger partial charge in [0.15, 0.2) is 0 Å². The summed E-state index contributed by atoms with van der Waals surface area (Å²) < 4.78 is 9.03. The van der Waals surface area contributed by atoms with Gasteiger partial charge in [0.1, 0.15) is 0 Å². The summed E-state index contributed by atoms with van der Waals surface area (Å²) in [6, 6.07) is 6.18. The molecule has 1 aromatic rings. The predicted octanol–water partition coefficient (Wildman–Crippen LogP) is 8.19.